The molecule has 0 amide bonds. The van der Waals surface area contributed by atoms with Crippen LogP contribution in [0.1, 0.15) is 18.1 Å². The van der Waals surface area contributed by atoms with Crippen LogP contribution < -0.4 is 15.8 Å². The largest absolute Gasteiger partial charge is 0.338 e. The summed E-state index contributed by atoms with van der Waals surface area (Å²) in [5.74, 6) is 0.825. The Balaban J connectivity index is 1.23. The molecule has 4 rings (SSSR count). The molecule has 1 aromatic carbocycles. The van der Waals surface area contributed by atoms with Crippen molar-refractivity contribution in [3.8, 4) is 0 Å². The average molecular weight is 393 g/mol. The van der Waals surface area contributed by atoms with E-state index in [2.05, 4.69) is 48.3 Å². The van der Waals surface area contributed by atoms with Gasteiger partial charge < -0.3 is 15.2 Å². The number of nitrogens with zero attached hydrogens (tertiary/aromatic N) is 4. The maximum absolute atomic E-state index is 12.0. The number of fused-ring (bicyclic) bond motifs is 1. The Morgan fingerprint density at radius 2 is 1.90 bits per heavy atom. The number of pyridine rings is 1. The minimum Gasteiger partial charge on any atom is -0.338 e. The van der Waals surface area contributed by atoms with E-state index in [9.17, 15) is 4.79 Å². The fourth-order valence-electron chi connectivity index (χ4n) is 3.76. The molecule has 0 aliphatic carbocycles. The monoisotopic (exact) mass is 392 g/mol. The van der Waals surface area contributed by atoms with Crippen molar-refractivity contribution < 1.29 is 0 Å². The highest BCUT2D eigenvalue weighted by Gasteiger charge is 2.18. The van der Waals surface area contributed by atoms with Gasteiger partial charge in [-0.25, -0.2) is 9.97 Å². The second-order valence-corrected chi connectivity index (χ2v) is 7.45. The highest BCUT2D eigenvalue weighted by Crippen LogP contribution is 2.14. The van der Waals surface area contributed by atoms with Gasteiger partial charge in [0.05, 0.1) is 0 Å². The third kappa shape index (κ3) is 4.81. The zero-order chi connectivity index (χ0) is 20.1. The van der Waals surface area contributed by atoms with Gasteiger partial charge in [-0.05, 0) is 35.6 Å². The molecule has 1 fully saturated rings. The standard InChI is InChI=1S/C22H28N6O/c1-2-18-15-19-5-4-17(14-20(19)26-21(18)29)16-23-8-9-27-10-12-28(13-11-27)22-24-6-3-7-25-22/h3-7,14-15,23H,2,8-13,16H2,1H3,(H,26,29). The van der Waals surface area contributed by atoms with Crippen molar-refractivity contribution in [3.05, 3.63) is 64.2 Å². The van der Waals surface area contributed by atoms with Crippen molar-refractivity contribution in [1.29, 1.82) is 0 Å². The first-order valence-electron chi connectivity index (χ1n) is 10.3. The number of hydrogen-bond donors (Lipinski definition) is 2. The molecule has 0 atom stereocenters. The van der Waals surface area contributed by atoms with Crippen LogP contribution in [-0.4, -0.2) is 59.1 Å². The summed E-state index contributed by atoms with van der Waals surface area (Å²) in [6.07, 6.45) is 4.34. The van der Waals surface area contributed by atoms with Crippen LogP contribution >= 0.6 is 0 Å². The smallest absolute Gasteiger partial charge is 0.251 e. The normalized spacial score (nSPS) is 15.1. The minimum absolute atomic E-state index is 0.0187. The lowest BCUT2D eigenvalue weighted by molar-refractivity contribution is 0.256. The van der Waals surface area contributed by atoms with Gasteiger partial charge in [-0.3, -0.25) is 9.69 Å². The van der Waals surface area contributed by atoms with E-state index < -0.39 is 0 Å². The van der Waals surface area contributed by atoms with Crippen molar-refractivity contribution in [3.63, 3.8) is 0 Å². The van der Waals surface area contributed by atoms with E-state index in [0.717, 1.165) is 74.6 Å². The molecule has 1 aliphatic rings. The number of rotatable bonds is 7. The number of aromatic nitrogens is 3. The Kier molecular flexibility index (Phi) is 6.17. The van der Waals surface area contributed by atoms with Gasteiger partial charge in [-0.1, -0.05) is 19.1 Å². The lowest BCUT2D eigenvalue weighted by atomic mass is 10.1. The molecule has 3 heterocycles. The van der Waals surface area contributed by atoms with Crippen LogP contribution in [0.4, 0.5) is 5.95 Å². The summed E-state index contributed by atoms with van der Waals surface area (Å²) < 4.78 is 0. The number of H-pyrrole nitrogens is 1. The van der Waals surface area contributed by atoms with Crippen LogP contribution in [-0.2, 0) is 13.0 Å². The van der Waals surface area contributed by atoms with Gasteiger partial charge in [0, 0.05) is 69.3 Å². The Labute approximate surface area is 170 Å². The van der Waals surface area contributed by atoms with Gasteiger partial charge in [-0.15, -0.1) is 0 Å². The third-order valence-corrected chi connectivity index (χ3v) is 5.51. The van der Waals surface area contributed by atoms with Crippen molar-refractivity contribution in [1.82, 2.24) is 25.2 Å². The number of aryl methyl sites for hydroxylation is 1. The quantitative estimate of drug-likeness (QED) is 0.597. The maximum Gasteiger partial charge on any atom is 0.251 e. The number of hydrogen-bond acceptors (Lipinski definition) is 6. The second-order valence-electron chi connectivity index (χ2n) is 7.45. The highest BCUT2D eigenvalue weighted by atomic mass is 16.1. The molecule has 0 spiro atoms. The van der Waals surface area contributed by atoms with Crippen LogP contribution in [0.15, 0.2) is 47.5 Å². The second kappa shape index (κ2) is 9.15. The first kappa shape index (κ1) is 19.5. The van der Waals surface area contributed by atoms with Gasteiger partial charge in [0.2, 0.25) is 5.95 Å². The molecule has 7 heteroatoms. The molecule has 0 unspecified atom stereocenters. The molecule has 29 heavy (non-hydrogen) atoms. The number of piperazine rings is 1. The summed E-state index contributed by atoms with van der Waals surface area (Å²) in [6, 6.07) is 10.1. The summed E-state index contributed by atoms with van der Waals surface area (Å²) in [5, 5.41) is 4.61. The van der Waals surface area contributed by atoms with Crippen molar-refractivity contribution in [2.45, 2.75) is 19.9 Å². The topological polar surface area (TPSA) is 77.2 Å². The predicted molar refractivity (Wildman–Crippen MR) is 116 cm³/mol. The van der Waals surface area contributed by atoms with Crippen LogP contribution in [0.3, 0.4) is 0 Å². The van der Waals surface area contributed by atoms with Gasteiger partial charge in [0.15, 0.2) is 0 Å². The first-order valence-corrected chi connectivity index (χ1v) is 10.3. The first-order chi connectivity index (χ1) is 14.2. The predicted octanol–water partition coefficient (Wildman–Crippen LogP) is 1.79. The van der Waals surface area contributed by atoms with E-state index >= 15 is 0 Å². The van der Waals surface area contributed by atoms with Gasteiger partial charge in [0.25, 0.3) is 5.56 Å². The number of nitrogens with one attached hydrogen (secondary N) is 2. The molecule has 0 radical (unpaired) electrons. The average Bonchev–Trinajstić information content (AvgIpc) is 2.77. The molecule has 2 N–H and O–H groups in total. The van der Waals surface area contributed by atoms with Gasteiger partial charge in [-0.2, -0.15) is 0 Å². The number of aromatic amines is 1. The van der Waals surface area contributed by atoms with Crippen LogP contribution in [0.5, 0.6) is 0 Å². The SMILES string of the molecule is CCc1cc2ccc(CNCCN3CCN(c4ncccn4)CC3)cc2[nH]c1=O. The van der Waals surface area contributed by atoms with E-state index in [1.54, 1.807) is 12.4 Å². The highest BCUT2D eigenvalue weighted by molar-refractivity contribution is 5.79. The zero-order valence-electron chi connectivity index (χ0n) is 16.9. The third-order valence-electron chi connectivity index (χ3n) is 5.51. The summed E-state index contributed by atoms with van der Waals surface area (Å²) in [4.78, 5) is 28.4. The molecule has 1 aliphatic heterocycles. The Morgan fingerprint density at radius 3 is 2.66 bits per heavy atom. The van der Waals surface area contributed by atoms with Gasteiger partial charge in [0.1, 0.15) is 0 Å². The van der Waals surface area contributed by atoms with Crippen molar-refractivity contribution >= 4 is 16.9 Å². The molecular formula is C22H28N6O. The molecule has 3 aromatic rings. The van der Waals surface area contributed by atoms with Crippen LogP contribution in [0.2, 0.25) is 0 Å². The molecular weight excluding hydrogens is 364 g/mol. The van der Waals surface area contributed by atoms with Crippen molar-refractivity contribution in [2.24, 2.45) is 0 Å². The Bertz CT molecular complexity index is 995. The maximum atomic E-state index is 12.0. The molecule has 0 bridgehead atoms. The zero-order valence-corrected chi connectivity index (χ0v) is 16.9. The molecule has 2 aromatic heterocycles. The van der Waals surface area contributed by atoms with E-state index in [1.807, 2.05) is 19.1 Å². The van der Waals surface area contributed by atoms with Crippen molar-refractivity contribution in [2.75, 3.05) is 44.2 Å². The Hall–Kier alpha value is -2.77. The van der Waals surface area contributed by atoms with E-state index in [-0.39, 0.29) is 5.56 Å². The fraction of sp³-hybridized carbons (Fsp3) is 0.409. The lowest BCUT2D eigenvalue weighted by Crippen LogP contribution is -2.48. The summed E-state index contributed by atoms with van der Waals surface area (Å²) in [5.41, 5.74) is 2.95. The molecule has 7 nitrogen and oxygen atoms in total. The molecule has 152 valence electrons. The lowest BCUT2D eigenvalue weighted by Gasteiger charge is -2.34. The summed E-state index contributed by atoms with van der Waals surface area (Å²) in [7, 11) is 0. The molecule has 0 saturated carbocycles. The van der Waals surface area contributed by atoms with E-state index in [1.165, 1.54) is 5.56 Å². The summed E-state index contributed by atoms with van der Waals surface area (Å²) >= 11 is 0. The summed E-state index contributed by atoms with van der Waals surface area (Å²) in [6.45, 7) is 8.73. The van der Waals surface area contributed by atoms with E-state index in [4.69, 9.17) is 0 Å². The van der Waals surface area contributed by atoms with Crippen LogP contribution in [0, 0.1) is 0 Å². The van der Waals surface area contributed by atoms with E-state index in [0.29, 0.717) is 0 Å². The van der Waals surface area contributed by atoms with Gasteiger partial charge >= 0.3 is 0 Å². The molecule has 1 saturated heterocycles. The number of anilines is 1. The van der Waals surface area contributed by atoms with Crippen LogP contribution in [0.25, 0.3) is 10.9 Å². The fourth-order valence-corrected chi connectivity index (χ4v) is 3.76. The number of benzene rings is 1. The Morgan fingerprint density at radius 1 is 1.10 bits per heavy atom. The minimum atomic E-state index is 0.0187.